The lowest BCUT2D eigenvalue weighted by Crippen LogP contribution is -2.24. The van der Waals surface area contributed by atoms with Crippen LogP contribution in [-0.4, -0.2) is 22.2 Å². The molecule has 0 unspecified atom stereocenters. The molecule has 0 radical (unpaired) electrons. The molecule has 6 heteroatoms. The molecule has 0 atom stereocenters. The largest absolute Gasteiger partial charge is 0.348 e. The van der Waals surface area contributed by atoms with Crippen molar-refractivity contribution in [2.75, 3.05) is 6.54 Å². The van der Waals surface area contributed by atoms with Gasteiger partial charge in [0.25, 0.3) is 5.91 Å². The maximum Gasteiger partial charge on any atom is 0.262 e. The third-order valence-electron chi connectivity index (χ3n) is 3.35. The molecule has 1 aromatic carbocycles. The van der Waals surface area contributed by atoms with Crippen LogP contribution in [0, 0.1) is 18.3 Å². The minimum absolute atomic E-state index is 0.0267. The molecule has 0 fully saturated rings. The Hall–Kier alpha value is -2.84. The molecule has 0 aliphatic carbocycles. The van der Waals surface area contributed by atoms with Crippen molar-refractivity contribution >= 4 is 23.6 Å². The van der Waals surface area contributed by atoms with Crippen molar-refractivity contribution in [3.8, 4) is 6.07 Å². The maximum atomic E-state index is 11.9. The van der Waals surface area contributed by atoms with Gasteiger partial charge in [0.05, 0.1) is 12.2 Å². The van der Waals surface area contributed by atoms with Crippen molar-refractivity contribution in [1.82, 2.24) is 15.1 Å². The van der Waals surface area contributed by atoms with Gasteiger partial charge in [-0.3, -0.25) is 4.79 Å². The van der Waals surface area contributed by atoms with Crippen LogP contribution in [0.25, 0.3) is 6.08 Å². The minimum Gasteiger partial charge on any atom is -0.348 e. The molecule has 122 valence electrons. The second kappa shape index (κ2) is 8.14. The lowest BCUT2D eigenvalue weighted by atomic mass is 10.1. The van der Waals surface area contributed by atoms with Crippen molar-refractivity contribution in [2.45, 2.75) is 13.5 Å². The third-order valence-corrected chi connectivity index (χ3v) is 3.74. The molecule has 5 nitrogen and oxygen atoms in total. The van der Waals surface area contributed by atoms with Gasteiger partial charge < -0.3 is 5.32 Å². The van der Waals surface area contributed by atoms with E-state index in [0.29, 0.717) is 23.0 Å². The number of aryl methyl sites for hydroxylation is 1. The average Bonchev–Trinajstić information content (AvgIpc) is 2.85. The van der Waals surface area contributed by atoms with Crippen LogP contribution in [0.3, 0.4) is 0 Å². The number of carbonyl (C=O) groups is 1. The fourth-order valence-electron chi connectivity index (χ4n) is 2.15. The van der Waals surface area contributed by atoms with E-state index in [9.17, 15) is 10.1 Å². The molecule has 0 aliphatic heterocycles. The van der Waals surface area contributed by atoms with Crippen LogP contribution in [-0.2, 0) is 11.3 Å². The van der Waals surface area contributed by atoms with Crippen molar-refractivity contribution in [2.24, 2.45) is 0 Å². The van der Waals surface area contributed by atoms with Gasteiger partial charge in [0.2, 0.25) is 0 Å². The molecule has 2 rings (SSSR count). The number of halogens is 1. The van der Waals surface area contributed by atoms with Crippen molar-refractivity contribution in [1.29, 1.82) is 5.26 Å². The summed E-state index contributed by atoms with van der Waals surface area (Å²) in [6.07, 6.45) is 3.01. The molecule has 1 amide bonds. The van der Waals surface area contributed by atoms with E-state index in [4.69, 9.17) is 11.6 Å². The number of amides is 1. The van der Waals surface area contributed by atoms with E-state index in [1.165, 1.54) is 6.08 Å². The Morgan fingerprint density at radius 3 is 2.79 bits per heavy atom. The van der Waals surface area contributed by atoms with Crippen LogP contribution >= 0.6 is 11.6 Å². The monoisotopic (exact) mass is 340 g/mol. The van der Waals surface area contributed by atoms with Crippen molar-refractivity contribution < 1.29 is 4.79 Å². The molecule has 0 aliphatic rings. The number of nitriles is 1. The zero-order chi connectivity index (χ0) is 17.5. The number of benzene rings is 1. The summed E-state index contributed by atoms with van der Waals surface area (Å²) in [5.41, 5.74) is 2.25. The summed E-state index contributed by atoms with van der Waals surface area (Å²) in [6, 6.07) is 11.7. The zero-order valence-electron chi connectivity index (χ0n) is 13.3. The molecular formula is C18H17ClN4O. The fraction of sp³-hybridized carbons (Fsp3) is 0.167. The first-order valence-electron chi connectivity index (χ1n) is 7.34. The van der Waals surface area contributed by atoms with E-state index in [-0.39, 0.29) is 12.1 Å². The summed E-state index contributed by atoms with van der Waals surface area (Å²) in [5.74, 6) is -0.469. The molecular weight excluding hydrogens is 324 g/mol. The first-order chi connectivity index (χ1) is 11.6. The van der Waals surface area contributed by atoms with Crippen LogP contribution in [0.5, 0.6) is 0 Å². The van der Waals surface area contributed by atoms with Gasteiger partial charge in [-0.1, -0.05) is 48.0 Å². The van der Waals surface area contributed by atoms with Gasteiger partial charge in [0.1, 0.15) is 16.8 Å². The molecule has 24 heavy (non-hydrogen) atoms. The highest BCUT2D eigenvalue weighted by Gasteiger charge is 2.15. The highest BCUT2D eigenvalue weighted by molar-refractivity contribution is 6.31. The van der Waals surface area contributed by atoms with Gasteiger partial charge in [-0.25, -0.2) is 4.68 Å². The number of aromatic nitrogens is 2. The van der Waals surface area contributed by atoms with E-state index in [1.54, 1.807) is 17.7 Å². The second-order valence-electron chi connectivity index (χ2n) is 5.10. The standard InChI is InChI=1S/C18H17ClN4O/c1-3-9-21-18(24)15(11-20)10-16-13(2)22-23(17(16)19)12-14-7-5-4-6-8-14/h3-8,10H,1,9,12H2,2H3,(H,21,24)/b15-10+. The van der Waals surface area contributed by atoms with Crippen LogP contribution in [0.15, 0.2) is 48.6 Å². The molecule has 2 aromatic rings. The van der Waals surface area contributed by atoms with Gasteiger partial charge >= 0.3 is 0 Å². The normalized spacial score (nSPS) is 11.0. The molecule has 0 bridgehead atoms. The predicted octanol–water partition coefficient (Wildman–Crippen LogP) is 3.10. The van der Waals surface area contributed by atoms with E-state index < -0.39 is 5.91 Å². The van der Waals surface area contributed by atoms with Gasteiger partial charge in [0.15, 0.2) is 0 Å². The highest BCUT2D eigenvalue weighted by Crippen LogP contribution is 2.23. The highest BCUT2D eigenvalue weighted by atomic mass is 35.5. The molecule has 1 aromatic heterocycles. The van der Waals surface area contributed by atoms with E-state index in [0.717, 1.165) is 5.56 Å². The number of carbonyl (C=O) groups excluding carboxylic acids is 1. The van der Waals surface area contributed by atoms with Crippen molar-refractivity contribution in [3.05, 3.63) is 70.5 Å². The van der Waals surface area contributed by atoms with Crippen LogP contribution in [0.2, 0.25) is 5.15 Å². The quantitative estimate of drug-likeness (QED) is 0.499. The number of nitrogens with zero attached hydrogens (tertiary/aromatic N) is 3. The first-order valence-corrected chi connectivity index (χ1v) is 7.72. The van der Waals surface area contributed by atoms with Crippen LogP contribution < -0.4 is 5.32 Å². The van der Waals surface area contributed by atoms with Gasteiger partial charge in [0, 0.05) is 12.1 Å². The summed E-state index contributed by atoms with van der Waals surface area (Å²) in [4.78, 5) is 11.9. The Bertz CT molecular complexity index is 816. The first kappa shape index (κ1) is 17.5. The van der Waals surface area contributed by atoms with Crippen molar-refractivity contribution in [3.63, 3.8) is 0 Å². The maximum absolute atomic E-state index is 11.9. The summed E-state index contributed by atoms with van der Waals surface area (Å²) in [6.45, 7) is 6.11. The Balaban J connectivity index is 2.31. The zero-order valence-corrected chi connectivity index (χ0v) is 14.0. The Labute approximate surface area is 145 Å². The summed E-state index contributed by atoms with van der Waals surface area (Å²) in [5, 5.41) is 16.6. The fourth-order valence-corrected chi connectivity index (χ4v) is 2.43. The average molecular weight is 341 g/mol. The Morgan fingerprint density at radius 1 is 1.46 bits per heavy atom. The summed E-state index contributed by atoms with van der Waals surface area (Å²) >= 11 is 6.39. The number of nitrogens with one attached hydrogen (secondary N) is 1. The number of hydrogen-bond donors (Lipinski definition) is 1. The van der Waals surface area contributed by atoms with E-state index in [1.807, 2.05) is 36.4 Å². The SMILES string of the molecule is C=CCNC(=O)/C(C#N)=C/c1c(C)nn(Cc2ccccc2)c1Cl. The molecule has 0 spiro atoms. The predicted molar refractivity (Wildman–Crippen MR) is 94.3 cm³/mol. The minimum atomic E-state index is -0.469. The van der Waals surface area contributed by atoms with Gasteiger partial charge in [-0.15, -0.1) is 6.58 Å². The third kappa shape index (κ3) is 4.12. The molecule has 1 N–H and O–H groups in total. The summed E-state index contributed by atoms with van der Waals surface area (Å²) < 4.78 is 1.65. The van der Waals surface area contributed by atoms with Crippen LogP contribution in [0.4, 0.5) is 0 Å². The smallest absolute Gasteiger partial charge is 0.262 e. The lowest BCUT2D eigenvalue weighted by Gasteiger charge is -2.03. The second-order valence-corrected chi connectivity index (χ2v) is 5.46. The summed E-state index contributed by atoms with van der Waals surface area (Å²) in [7, 11) is 0. The number of hydrogen-bond acceptors (Lipinski definition) is 3. The van der Waals surface area contributed by atoms with Crippen LogP contribution in [0.1, 0.15) is 16.8 Å². The van der Waals surface area contributed by atoms with Gasteiger partial charge in [-0.2, -0.15) is 10.4 Å². The lowest BCUT2D eigenvalue weighted by molar-refractivity contribution is -0.116. The topological polar surface area (TPSA) is 70.7 Å². The number of rotatable bonds is 6. The van der Waals surface area contributed by atoms with E-state index in [2.05, 4.69) is 17.0 Å². The molecule has 0 saturated carbocycles. The molecule has 0 saturated heterocycles. The molecule has 1 heterocycles. The Morgan fingerprint density at radius 2 is 2.17 bits per heavy atom. The van der Waals surface area contributed by atoms with Gasteiger partial charge in [-0.05, 0) is 18.6 Å². The van der Waals surface area contributed by atoms with E-state index >= 15 is 0 Å². The Kier molecular flexibility index (Phi) is 5.94.